The lowest BCUT2D eigenvalue weighted by Crippen LogP contribution is -2.33. The molecule has 0 unspecified atom stereocenters. The first kappa shape index (κ1) is 21.4. The van der Waals surface area contributed by atoms with E-state index >= 15 is 0 Å². The molecule has 1 aliphatic rings. The van der Waals surface area contributed by atoms with Crippen LogP contribution in [0.2, 0.25) is 0 Å². The van der Waals surface area contributed by atoms with Gasteiger partial charge in [-0.05, 0) is 30.3 Å². The number of aromatic nitrogens is 2. The van der Waals surface area contributed by atoms with Gasteiger partial charge in [0.2, 0.25) is 0 Å². The molecule has 0 saturated heterocycles. The minimum atomic E-state index is -5.08. The van der Waals surface area contributed by atoms with Gasteiger partial charge in [0.05, 0.1) is 38.1 Å². The molecule has 0 fully saturated rings. The molecule has 0 atom stereocenters. The van der Waals surface area contributed by atoms with Crippen LogP contribution < -0.4 is 4.74 Å². The predicted octanol–water partition coefficient (Wildman–Crippen LogP) is 3.80. The fraction of sp³-hybridized carbons (Fsp3) is 0.300. The average Bonchev–Trinajstić information content (AvgIpc) is 3.37. The molecule has 0 radical (unpaired) electrons. The maximum Gasteiger partial charge on any atom is 0.490 e. The van der Waals surface area contributed by atoms with E-state index in [4.69, 9.17) is 19.1 Å². The van der Waals surface area contributed by atoms with E-state index in [2.05, 4.69) is 26.6 Å². The predicted molar refractivity (Wildman–Crippen MR) is 101 cm³/mol. The Morgan fingerprint density at radius 1 is 1.23 bits per heavy atom. The van der Waals surface area contributed by atoms with Crippen LogP contribution >= 0.6 is 0 Å². The Morgan fingerprint density at radius 2 is 1.93 bits per heavy atom. The smallest absolute Gasteiger partial charge is 0.490 e. The van der Waals surface area contributed by atoms with Gasteiger partial charge in [0.15, 0.2) is 0 Å². The number of halogens is 3. The van der Waals surface area contributed by atoms with Crippen LogP contribution in [-0.4, -0.2) is 45.4 Å². The Kier molecular flexibility index (Phi) is 6.46. The highest BCUT2D eigenvalue weighted by Gasteiger charge is 2.38. The quantitative estimate of drug-likeness (QED) is 0.688. The molecule has 3 heterocycles. The average molecular weight is 423 g/mol. The number of carboxylic acid groups (broad SMARTS) is 1. The van der Waals surface area contributed by atoms with E-state index in [1.165, 1.54) is 16.8 Å². The van der Waals surface area contributed by atoms with E-state index in [1.807, 2.05) is 30.7 Å². The summed E-state index contributed by atoms with van der Waals surface area (Å²) in [7, 11) is 1.68. The number of benzene rings is 1. The Labute approximate surface area is 170 Å². The molecule has 7 nitrogen and oxygen atoms in total. The molecule has 1 aromatic carbocycles. The highest BCUT2D eigenvalue weighted by Crippen LogP contribution is 2.26. The molecule has 0 bridgehead atoms. The highest BCUT2D eigenvalue weighted by atomic mass is 19.4. The van der Waals surface area contributed by atoms with Gasteiger partial charge < -0.3 is 18.8 Å². The second-order valence-electron chi connectivity index (χ2n) is 6.58. The summed E-state index contributed by atoms with van der Waals surface area (Å²) in [6, 6.07) is 10.2. The molecule has 30 heavy (non-hydrogen) atoms. The Balaban J connectivity index is 0.000000318. The van der Waals surface area contributed by atoms with Gasteiger partial charge in [-0.1, -0.05) is 0 Å². The van der Waals surface area contributed by atoms with Crippen LogP contribution in [0.15, 0.2) is 53.5 Å². The molecule has 2 aromatic heterocycles. The molecule has 3 aromatic rings. The molecule has 1 aliphatic heterocycles. The van der Waals surface area contributed by atoms with E-state index < -0.39 is 12.1 Å². The van der Waals surface area contributed by atoms with Gasteiger partial charge in [0, 0.05) is 30.8 Å². The minimum absolute atomic E-state index is 0.862. The summed E-state index contributed by atoms with van der Waals surface area (Å²) in [4.78, 5) is 15.9. The van der Waals surface area contributed by atoms with E-state index in [-0.39, 0.29) is 0 Å². The number of nitrogens with zero attached hydrogens (tertiary/aromatic N) is 3. The van der Waals surface area contributed by atoms with Crippen LogP contribution in [-0.2, 0) is 24.4 Å². The van der Waals surface area contributed by atoms with E-state index in [1.54, 1.807) is 13.4 Å². The maximum atomic E-state index is 10.6. The molecule has 0 aliphatic carbocycles. The summed E-state index contributed by atoms with van der Waals surface area (Å²) in [5, 5.41) is 7.12. The third-order valence-corrected chi connectivity index (χ3v) is 4.56. The zero-order valence-electron chi connectivity index (χ0n) is 16.1. The van der Waals surface area contributed by atoms with Gasteiger partial charge >= 0.3 is 12.1 Å². The summed E-state index contributed by atoms with van der Waals surface area (Å²) in [5.41, 5.74) is 3.55. The molecular weight excluding hydrogens is 403 g/mol. The van der Waals surface area contributed by atoms with Crippen LogP contribution in [0.3, 0.4) is 0 Å². The molecule has 0 saturated carbocycles. The number of aliphatic carboxylic acids is 1. The maximum absolute atomic E-state index is 10.6. The Hall–Kier alpha value is -3.27. The van der Waals surface area contributed by atoms with Crippen molar-refractivity contribution in [3.05, 3.63) is 60.4 Å². The van der Waals surface area contributed by atoms with Crippen molar-refractivity contribution in [3.8, 4) is 17.0 Å². The van der Waals surface area contributed by atoms with Gasteiger partial charge in [0.1, 0.15) is 11.6 Å². The molecule has 10 heteroatoms. The van der Waals surface area contributed by atoms with Crippen molar-refractivity contribution in [3.63, 3.8) is 0 Å². The first-order valence-electron chi connectivity index (χ1n) is 9.00. The normalized spacial score (nSPS) is 13.9. The van der Waals surface area contributed by atoms with Gasteiger partial charge in [-0.3, -0.25) is 4.90 Å². The van der Waals surface area contributed by atoms with Crippen LogP contribution in [0.4, 0.5) is 13.2 Å². The number of methoxy groups -OCH3 is 1. The zero-order valence-corrected chi connectivity index (χ0v) is 16.1. The monoisotopic (exact) mass is 423 g/mol. The largest absolute Gasteiger partial charge is 0.497 e. The third kappa shape index (κ3) is 5.20. The molecule has 160 valence electrons. The van der Waals surface area contributed by atoms with E-state index in [0.29, 0.717) is 0 Å². The van der Waals surface area contributed by atoms with Crippen molar-refractivity contribution in [1.82, 2.24) is 14.5 Å². The van der Waals surface area contributed by atoms with Crippen LogP contribution in [0, 0.1) is 0 Å². The van der Waals surface area contributed by atoms with Crippen LogP contribution in [0.1, 0.15) is 11.4 Å². The first-order chi connectivity index (χ1) is 14.3. The lowest BCUT2D eigenvalue weighted by Gasteiger charge is -2.28. The first-order valence-corrected chi connectivity index (χ1v) is 9.00. The number of fused-ring (bicyclic) bond motifs is 1. The van der Waals surface area contributed by atoms with Crippen molar-refractivity contribution in [2.75, 3.05) is 13.7 Å². The SMILES string of the molecule is COc1ccc(-c2cnc3n2CCN(Cc2ccoc2)C3)cc1.O=C(O)C(F)(F)F. The third-order valence-electron chi connectivity index (χ3n) is 4.56. The number of ether oxygens (including phenoxy) is 1. The number of imidazole rings is 1. The number of furan rings is 1. The number of alkyl halides is 3. The summed E-state index contributed by atoms with van der Waals surface area (Å²) in [6.07, 6.45) is 0.421. The fourth-order valence-electron chi connectivity index (χ4n) is 3.08. The topological polar surface area (TPSA) is 80.7 Å². The number of carboxylic acids is 1. The number of rotatable bonds is 4. The lowest BCUT2D eigenvalue weighted by atomic mass is 10.1. The Bertz CT molecular complexity index is 966. The summed E-state index contributed by atoms with van der Waals surface area (Å²) in [6.45, 7) is 3.73. The van der Waals surface area contributed by atoms with Gasteiger partial charge in [-0.2, -0.15) is 13.2 Å². The second-order valence-corrected chi connectivity index (χ2v) is 6.58. The Morgan fingerprint density at radius 3 is 2.50 bits per heavy atom. The van der Waals surface area contributed by atoms with Gasteiger partial charge in [-0.25, -0.2) is 9.78 Å². The molecule has 1 N–H and O–H groups in total. The van der Waals surface area contributed by atoms with Gasteiger partial charge in [-0.15, -0.1) is 0 Å². The van der Waals surface area contributed by atoms with Crippen molar-refractivity contribution >= 4 is 5.97 Å². The fourth-order valence-corrected chi connectivity index (χ4v) is 3.08. The molecule has 0 amide bonds. The highest BCUT2D eigenvalue weighted by molar-refractivity contribution is 5.73. The minimum Gasteiger partial charge on any atom is -0.497 e. The molecule has 4 rings (SSSR count). The number of carbonyl (C=O) groups is 1. The summed E-state index contributed by atoms with van der Waals surface area (Å²) in [5.74, 6) is -0.767. The van der Waals surface area contributed by atoms with Gasteiger partial charge in [0.25, 0.3) is 0 Å². The zero-order chi connectivity index (χ0) is 21.7. The summed E-state index contributed by atoms with van der Waals surface area (Å²) >= 11 is 0. The second kappa shape index (κ2) is 9.04. The van der Waals surface area contributed by atoms with Crippen LogP contribution in [0.25, 0.3) is 11.3 Å². The number of hydrogen-bond acceptors (Lipinski definition) is 5. The van der Waals surface area contributed by atoms with Crippen molar-refractivity contribution in [1.29, 1.82) is 0 Å². The molecular formula is C20H20F3N3O4. The standard InChI is InChI=1S/C18H19N3O2.C2HF3O2/c1-22-16-4-2-15(3-5-16)17-10-19-18-12-20(7-8-21(17)18)11-14-6-9-23-13-14;3-2(4,5)1(6)7/h2-6,9-10,13H,7-8,11-12H2,1H3;(H,6,7). The van der Waals surface area contributed by atoms with E-state index in [0.717, 1.165) is 37.8 Å². The van der Waals surface area contributed by atoms with Crippen LogP contribution in [0.5, 0.6) is 5.75 Å². The molecule has 0 spiro atoms. The summed E-state index contributed by atoms with van der Waals surface area (Å²) < 4.78 is 44.4. The number of hydrogen-bond donors (Lipinski definition) is 1. The van der Waals surface area contributed by atoms with E-state index in [9.17, 15) is 13.2 Å². The van der Waals surface area contributed by atoms with Crippen molar-refractivity contribution < 1.29 is 32.2 Å². The lowest BCUT2D eigenvalue weighted by molar-refractivity contribution is -0.192. The van der Waals surface area contributed by atoms with Crippen molar-refractivity contribution in [2.45, 2.75) is 25.8 Å². The van der Waals surface area contributed by atoms with Crippen molar-refractivity contribution in [2.24, 2.45) is 0 Å².